The molecule has 1 rings (SSSR count). The third-order valence-electron chi connectivity index (χ3n) is 3.35. The van der Waals surface area contributed by atoms with E-state index in [0.29, 0.717) is 5.46 Å². The van der Waals surface area contributed by atoms with Crippen LogP contribution in [0.4, 0.5) is 0 Å². The smallest absolute Gasteiger partial charge is 0.464 e. The van der Waals surface area contributed by atoms with Crippen molar-refractivity contribution in [2.45, 2.75) is 38.9 Å². The Balaban J connectivity index is 2.83. The molecular weight excluding hydrogens is 261 g/mol. The van der Waals surface area contributed by atoms with Gasteiger partial charge in [-0.25, -0.2) is 9.78 Å². The van der Waals surface area contributed by atoms with Gasteiger partial charge in [-0.1, -0.05) is 6.07 Å². The van der Waals surface area contributed by atoms with Crippen LogP contribution in [0, 0.1) is 0 Å². The molecule has 0 aliphatic rings. The van der Waals surface area contributed by atoms with Crippen molar-refractivity contribution in [2.24, 2.45) is 0 Å². The Morgan fingerprint density at radius 1 is 1.30 bits per heavy atom. The van der Waals surface area contributed by atoms with Crippen molar-refractivity contribution in [2.75, 3.05) is 7.11 Å². The molecule has 0 aliphatic carbocycles. The third-order valence-corrected chi connectivity index (χ3v) is 3.35. The van der Waals surface area contributed by atoms with E-state index >= 15 is 0 Å². The van der Waals surface area contributed by atoms with Crippen molar-refractivity contribution >= 4 is 18.6 Å². The number of methoxy groups -OCH3 is 1. The first-order valence-corrected chi connectivity index (χ1v) is 6.21. The zero-order valence-corrected chi connectivity index (χ0v) is 12.4. The van der Waals surface area contributed by atoms with Crippen molar-refractivity contribution in [3.63, 3.8) is 0 Å². The second-order valence-corrected chi connectivity index (χ2v) is 5.51. The zero-order valence-electron chi connectivity index (χ0n) is 12.4. The summed E-state index contributed by atoms with van der Waals surface area (Å²) in [5.41, 5.74) is -1.57. The van der Waals surface area contributed by atoms with Gasteiger partial charge in [0, 0.05) is 11.7 Å². The molecule has 0 aliphatic heterocycles. The maximum absolute atomic E-state index is 11.2. The van der Waals surface area contributed by atoms with Crippen LogP contribution in [0.1, 0.15) is 38.2 Å². The van der Waals surface area contributed by atoms with Gasteiger partial charge in [0.25, 0.3) is 0 Å². The number of esters is 1. The fourth-order valence-corrected chi connectivity index (χ4v) is 1.27. The molecule has 1 aromatic rings. The van der Waals surface area contributed by atoms with E-state index in [1.807, 2.05) is 0 Å². The summed E-state index contributed by atoms with van der Waals surface area (Å²) in [7, 11) is 0.0116. The van der Waals surface area contributed by atoms with E-state index in [1.54, 1.807) is 27.7 Å². The number of hydrogen-bond acceptors (Lipinski definition) is 6. The summed E-state index contributed by atoms with van der Waals surface area (Å²) in [5, 5.41) is 20.0. The molecule has 7 heteroatoms. The van der Waals surface area contributed by atoms with Crippen LogP contribution in [0.3, 0.4) is 0 Å². The highest BCUT2D eigenvalue weighted by atomic mass is 16.5. The van der Waals surface area contributed by atoms with Gasteiger partial charge in [-0.05, 0) is 33.8 Å². The highest BCUT2D eigenvalue weighted by molar-refractivity contribution is 6.60. The molecule has 0 bridgehead atoms. The van der Waals surface area contributed by atoms with E-state index < -0.39 is 24.3 Å². The van der Waals surface area contributed by atoms with E-state index in [0.717, 1.165) is 0 Å². The van der Waals surface area contributed by atoms with Crippen LogP contribution < -0.4 is 5.46 Å². The average molecular weight is 281 g/mol. The lowest BCUT2D eigenvalue weighted by Crippen LogP contribution is -2.53. The number of aromatic nitrogens is 1. The zero-order chi connectivity index (χ0) is 15.6. The Hall–Kier alpha value is -1.44. The molecule has 0 atom stereocenters. The van der Waals surface area contributed by atoms with Gasteiger partial charge >= 0.3 is 13.1 Å². The Morgan fingerprint density at radius 3 is 2.30 bits per heavy atom. The van der Waals surface area contributed by atoms with Crippen LogP contribution in [-0.4, -0.2) is 46.5 Å². The molecule has 110 valence electrons. The Labute approximate surface area is 118 Å². The minimum absolute atomic E-state index is 0.144. The quantitative estimate of drug-likeness (QED) is 0.588. The minimum Gasteiger partial charge on any atom is -0.464 e. The lowest BCUT2D eigenvalue weighted by atomic mass is 9.77. The number of aliphatic hydroxyl groups is 1. The number of hydrogen-bond donors (Lipinski definition) is 2. The van der Waals surface area contributed by atoms with Crippen molar-refractivity contribution in [3.8, 4) is 0 Å². The molecule has 0 saturated heterocycles. The first kappa shape index (κ1) is 16.6. The van der Waals surface area contributed by atoms with Gasteiger partial charge in [0.1, 0.15) is 5.69 Å². The van der Waals surface area contributed by atoms with Crippen LogP contribution in [0.15, 0.2) is 18.3 Å². The lowest BCUT2D eigenvalue weighted by molar-refractivity contribution is -0.0982. The summed E-state index contributed by atoms with van der Waals surface area (Å²) in [6.45, 7) is 6.54. The largest absolute Gasteiger partial charge is 0.493 e. The molecule has 0 amide bonds. The van der Waals surface area contributed by atoms with Crippen LogP contribution in [0.5, 0.6) is 0 Å². The number of rotatable bonds is 5. The van der Waals surface area contributed by atoms with E-state index in [1.165, 1.54) is 25.4 Å². The second kappa shape index (κ2) is 5.91. The van der Waals surface area contributed by atoms with Crippen LogP contribution >= 0.6 is 0 Å². The molecule has 0 saturated carbocycles. The van der Waals surface area contributed by atoms with Crippen LogP contribution in [0.2, 0.25) is 0 Å². The Bertz CT molecular complexity index is 467. The summed E-state index contributed by atoms with van der Waals surface area (Å²) < 4.78 is 10.00. The van der Waals surface area contributed by atoms with Crippen LogP contribution in [0.25, 0.3) is 0 Å². The summed E-state index contributed by atoms with van der Waals surface area (Å²) in [6, 6.07) is 2.95. The number of carbonyl (C=O) groups is 1. The first-order chi connectivity index (χ1) is 9.08. The number of pyridine rings is 1. The van der Waals surface area contributed by atoms with Gasteiger partial charge in [0.05, 0.1) is 18.3 Å². The Morgan fingerprint density at radius 2 is 1.90 bits per heavy atom. The molecule has 0 fully saturated rings. The maximum atomic E-state index is 11.2. The molecule has 2 N–H and O–H groups in total. The molecule has 6 nitrogen and oxygen atoms in total. The van der Waals surface area contributed by atoms with E-state index in [4.69, 9.17) is 4.65 Å². The predicted molar refractivity (Wildman–Crippen MR) is 74.6 cm³/mol. The van der Waals surface area contributed by atoms with Gasteiger partial charge in [0.15, 0.2) is 0 Å². The molecule has 1 aromatic heterocycles. The SMILES string of the molecule is COC(=O)c1ccc(B(O)OC(C)(C)C(C)(C)O)cn1. The second-order valence-electron chi connectivity index (χ2n) is 5.51. The minimum atomic E-state index is -1.25. The highest BCUT2D eigenvalue weighted by Crippen LogP contribution is 2.25. The van der Waals surface area contributed by atoms with E-state index in [9.17, 15) is 14.9 Å². The van der Waals surface area contributed by atoms with Crippen molar-refractivity contribution in [1.29, 1.82) is 0 Å². The van der Waals surface area contributed by atoms with Crippen molar-refractivity contribution in [1.82, 2.24) is 4.98 Å². The lowest BCUT2D eigenvalue weighted by Gasteiger charge is -2.38. The monoisotopic (exact) mass is 281 g/mol. The number of ether oxygens (including phenoxy) is 1. The van der Waals surface area contributed by atoms with Crippen LogP contribution in [-0.2, 0) is 9.39 Å². The summed E-state index contributed by atoms with van der Waals surface area (Å²) in [5.74, 6) is -0.552. The predicted octanol–water partition coefficient (Wildman–Crippen LogP) is 0.122. The number of carbonyl (C=O) groups excluding carboxylic acids is 1. The molecule has 0 spiro atoms. The standard InChI is InChI=1S/C13H20BNO5/c1-12(2,17)13(3,4)20-14(18)9-6-7-10(15-8-9)11(16)19-5/h6-8,17-18H,1-5H3. The summed E-state index contributed by atoms with van der Waals surface area (Å²) >= 11 is 0. The Kier molecular flexibility index (Phi) is 4.91. The molecule has 20 heavy (non-hydrogen) atoms. The summed E-state index contributed by atoms with van der Waals surface area (Å²) in [4.78, 5) is 15.1. The molecule has 1 heterocycles. The average Bonchev–Trinajstić information content (AvgIpc) is 2.36. The number of nitrogens with zero attached hydrogens (tertiary/aromatic N) is 1. The van der Waals surface area contributed by atoms with E-state index in [2.05, 4.69) is 9.72 Å². The topological polar surface area (TPSA) is 88.9 Å². The summed E-state index contributed by atoms with van der Waals surface area (Å²) in [6.07, 6.45) is 1.33. The van der Waals surface area contributed by atoms with E-state index in [-0.39, 0.29) is 5.69 Å². The molecule has 0 unspecified atom stereocenters. The molecular formula is C13H20BNO5. The fraction of sp³-hybridized carbons (Fsp3) is 0.538. The maximum Gasteiger partial charge on any atom is 0.493 e. The third kappa shape index (κ3) is 3.78. The highest BCUT2D eigenvalue weighted by Gasteiger charge is 2.39. The van der Waals surface area contributed by atoms with Gasteiger partial charge < -0.3 is 19.5 Å². The van der Waals surface area contributed by atoms with Crippen molar-refractivity contribution in [3.05, 3.63) is 24.0 Å². The van der Waals surface area contributed by atoms with Gasteiger partial charge in [-0.3, -0.25) is 0 Å². The van der Waals surface area contributed by atoms with Gasteiger partial charge in [-0.2, -0.15) is 0 Å². The normalized spacial score (nSPS) is 12.2. The fourth-order valence-electron chi connectivity index (χ4n) is 1.27. The molecule has 0 radical (unpaired) electrons. The van der Waals surface area contributed by atoms with Gasteiger partial charge in [-0.15, -0.1) is 0 Å². The molecule has 0 aromatic carbocycles. The first-order valence-electron chi connectivity index (χ1n) is 6.21. The van der Waals surface area contributed by atoms with Crippen molar-refractivity contribution < 1.29 is 24.3 Å². The van der Waals surface area contributed by atoms with Gasteiger partial charge in [0.2, 0.25) is 0 Å².